The van der Waals surface area contributed by atoms with E-state index in [0.717, 1.165) is 4.47 Å². The van der Waals surface area contributed by atoms with Gasteiger partial charge in [0.1, 0.15) is 0 Å². The number of amides is 5. The van der Waals surface area contributed by atoms with E-state index < -0.39 is 0 Å². The number of hydrogen-bond donors (Lipinski definition) is 1. The second-order valence-electron chi connectivity index (χ2n) is 6.71. The zero-order chi connectivity index (χ0) is 21.0. The first-order chi connectivity index (χ1) is 13.9. The van der Waals surface area contributed by atoms with Crippen molar-refractivity contribution in [2.24, 2.45) is 0 Å². The standard InChI is InChI=1S/C19H23BrN4O5/c1-2-29-19(28)23-10-8-22(9-11-23)18(27)21-6-3-7-24-16(25)14-5-4-13(20)12-15(14)17(24)26/h4-5,12H,2-3,6-11H2,1H3,(H,21,27). The molecule has 0 bridgehead atoms. The number of nitrogens with zero attached hydrogens (tertiary/aromatic N) is 3. The normalized spacial score (nSPS) is 16.1. The van der Waals surface area contributed by atoms with Crippen LogP contribution < -0.4 is 5.32 Å². The van der Waals surface area contributed by atoms with Crippen molar-refractivity contribution in [3.8, 4) is 0 Å². The van der Waals surface area contributed by atoms with Crippen LogP contribution >= 0.6 is 15.9 Å². The number of imide groups is 1. The van der Waals surface area contributed by atoms with Gasteiger partial charge < -0.3 is 19.9 Å². The summed E-state index contributed by atoms with van der Waals surface area (Å²) >= 11 is 3.31. The summed E-state index contributed by atoms with van der Waals surface area (Å²) in [4.78, 5) is 53.2. The van der Waals surface area contributed by atoms with Crippen molar-refractivity contribution in [2.75, 3.05) is 45.9 Å². The first kappa shape index (κ1) is 21.1. The lowest BCUT2D eigenvalue weighted by Crippen LogP contribution is -2.53. The molecular weight excluding hydrogens is 444 g/mol. The highest BCUT2D eigenvalue weighted by Crippen LogP contribution is 2.26. The van der Waals surface area contributed by atoms with Crippen LogP contribution in [0.4, 0.5) is 9.59 Å². The van der Waals surface area contributed by atoms with Crippen molar-refractivity contribution < 1.29 is 23.9 Å². The number of urea groups is 1. The number of carbonyl (C=O) groups is 4. The van der Waals surface area contributed by atoms with Crippen molar-refractivity contribution in [3.05, 3.63) is 33.8 Å². The van der Waals surface area contributed by atoms with Crippen LogP contribution in [0.15, 0.2) is 22.7 Å². The molecule has 0 saturated carbocycles. The Kier molecular flexibility index (Phi) is 6.73. The molecule has 0 unspecified atom stereocenters. The summed E-state index contributed by atoms with van der Waals surface area (Å²) < 4.78 is 5.70. The Bertz CT molecular complexity index is 823. The van der Waals surface area contributed by atoms with Gasteiger partial charge in [0, 0.05) is 43.7 Å². The van der Waals surface area contributed by atoms with Crippen molar-refractivity contribution in [1.82, 2.24) is 20.0 Å². The molecule has 29 heavy (non-hydrogen) atoms. The molecule has 1 aromatic rings. The number of ether oxygens (including phenoxy) is 1. The average Bonchev–Trinajstić information content (AvgIpc) is 2.95. The number of hydrogen-bond acceptors (Lipinski definition) is 5. The molecule has 0 radical (unpaired) electrons. The highest BCUT2D eigenvalue weighted by Gasteiger charge is 2.35. The monoisotopic (exact) mass is 466 g/mol. The van der Waals surface area contributed by atoms with E-state index >= 15 is 0 Å². The second kappa shape index (κ2) is 9.25. The summed E-state index contributed by atoms with van der Waals surface area (Å²) in [5.74, 6) is -0.619. The van der Waals surface area contributed by atoms with Crippen LogP contribution in [0.3, 0.4) is 0 Å². The summed E-state index contributed by atoms with van der Waals surface area (Å²) in [6.07, 6.45) is 0.0989. The number of carbonyl (C=O) groups excluding carboxylic acids is 4. The van der Waals surface area contributed by atoms with Gasteiger partial charge in [-0.3, -0.25) is 14.5 Å². The van der Waals surface area contributed by atoms with Gasteiger partial charge in [-0.2, -0.15) is 0 Å². The van der Waals surface area contributed by atoms with Crippen LogP contribution in [-0.4, -0.2) is 84.5 Å². The van der Waals surface area contributed by atoms with E-state index in [-0.39, 0.29) is 30.5 Å². The molecule has 0 atom stereocenters. The Morgan fingerprint density at radius 2 is 1.72 bits per heavy atom. The predicted molar refractivity (Wildman–Crippen MR) is 108 cm³/mol. The first-order valence-electron chi connectivity index (χ1n) is 9.52. The van der Waals surface area contributed by atoms with Gasteiger partial charge in [0.25, 0.3) is 11.8 Å². The third kappa shape index (κ3) is 4.69. The topological polar surface area (TPSA) is 99.3 Å². The molecule has 0 spiro atoms. The molecule has 1 N–H and O–H groups in total. The minimum Gasteiger partial charge on any atom is -0.450 e. The van der Waals surface area contributed by atoms with E-state index in [1.807, 2.05) is 0 Å². The number of fused-ring (bicyclic) bond motifs is 1. The number of rotatable bonds is 5. The fourth-order valence-electron chi connectivity index (χ4n) is 3.32. The smallest absolute Gasteiger partial charge is 0.409 e. The molecule has 5 amide bonds. The summed E-state index contributed by atoms with van der Waals surface area (Å²) in [5.41, 5.74) is 0.801. The zero-order valence-electron chi connectivity index (χ0n) is 16.1. The zero-order valence-corrected chi connectivity index (χ0v) is 17.7. The van der Waals surface area contributed by atoms with Crippen LogP contribution in [0.5, 0.6) is 0 Å². The lowest BCUT2D eigenvalue weighted by molar-refractivity contribution is 0.0651. The maximum atomic E-state index is 12.4. The minimum atomic E-state index is -0.361. The Morgan fingerprint density at radius 1 is 1.07 bits per heavy atom. The Hall–Kier alpha value is -2.62. The molecule has 0 aliphatic carbocycles. The third-order valence-corrected chi connectivity index (χ3v) is 5.35. The summed E-state index contributed by atoms with van der Waals surface area (Å²) in [5, 5.41) is 2.80. The van der Waals surface area contributed by atoms with Crippen LogP contribution in [-0.2, 0) is 4.74 Å². The lowest BCUT2D eigenvalue weighted by atomic mass is 10.1. The van der Waals surface area contributed by atoms with Gasteiger partial charge in [0.2, 0.25) is 0 Å². The molecule has 10 heteroatoms. The summed E-state index contributed by atoms with van der Waals surface area (Å²) in [6.45, 7) is 4.37. The van der Waals surface area contributed by atoms with Crippen LogP contribution in [0.2, 0.25) is 0 Å². The fourth-order valence-corrected chi connectivity index (χ4v) is 3.68. The largest absolute Gasteiger partial charge is 0.450 e. The second-order valence-corrected chi connectivity index (χ2v) is 7.63. The van der Waals surface area contributed by atoms with Gasteiger partial charge in [-0.25, -0.2) is 9.59 Å². The van der Waals surface area contributed by atoms with Crippen LogP contribution in [0, 0.1) is 0 Å². The van der Waals surface area contributed by atoms with Crippen LogP contribution in [0.25, 0.3) is 0 Å². The van der Waals surface area contributed by atoms with E-state index in [1.165, 1.54) is 4.90 Å². The molecule has 3 rings (SSSR count). The molecule has 9 nitrogen and oxygen atoms in total. The predicted octanol–water partition coefficient (Wildman–Crippen LogP) is 1.92. The van der Waals surface area contributed by atoms with Gasteiger partial charge >= 0.3 is 12.1 Å². The van der Waals surface area contributed by atoms with E-state index in [1.54, 1.807) is 34.9 Å². The molecular formula is C19H23BrN4O5. The highest BCUT2D eigenvalue weighted by molar-refractivity contribution is 9.10. The van der Waals surface area contributed by atoms with Crippen molar-refractivity contribution >= 4 is 39.9 Å². The molecule has 1 aromatic carbocycles. The number of halogens is 1. The molecule has 156 valence electrons. The minimum absolute atomic E-state index is 0.222. The average molecular weight is 467 g/mol. The highest BCUT2D eigenvalue weighted by atomic mass is 79.9. The van der Waals surface area contributed by atoms with Gasteiger partial charge in [-0.05, 0) is 31.5 Å². The van der Waals surface area contributed by atoms with Crippen molar-refractivity contribution in [1.29, 1.82) is 0 Å². The van der Waals surface area contributed by atoms with Crippen LogP contribution in [0.1, 0.15) is 34.1 Å². The Labute approximate surface area is 177 Å². The first-order valence-corrected chi connectivity index (χ1v) is 10.3. The number of nitrogens with one attached hydrogen (secondary N) is 1. The quantitative estimate of drug-likeness (QED) is 0.527. The van der Waals surface area contributed by atoms with E-state index in [9.17, 15) is 19.2 Å². The van der Waals surface area contributed by atoms with Gasteiger partial charge in [-0.15, -0.1) is 0 Å². The van der Waals surface area contributed by atoms with Gasteiger partial charge in [-0.1, -0.05) is 15.9 Å². The fraction of sp³-hybridized carbons (Fsp3) is 0.474. The molecule has 1 saturated heterocycles. The van der Waals surface area contributed by atoms with Crippen molar-refractivity contribution in [3.63, 3.8) is 0 Å². The third-order valence-electron chi connectivity index (χ3n) is 4.86. The summed E-state index contributed by atoms with van der Waals surface area (Å²) in [7, 11) is 0. The molecule has 2 aliphatic heterocycles. The van der Waals surface area contributed by atoms with Crippen molar-refractivity contribution in [2.45, 2.75) is 13.3 Å². The molecule has 1 fully saturated rings. The molecule has 0 aromatic heterocycles. The van der Waals surface area contributed by atoms with E-state index in [2.05, 4.69) is 21.2 Å². The summed E-state index contributed by atoms with van der Waals surface area (Å²) in [6, 6.07) is 4.79. The Morgan fingerprint density at radius 3 is 2.41 bits per heavy atom. The SMILES string of the molecule is CCOC(=O)N1CCN(C(=O)NCCCN2C(=O)c3ccc(Br)cc3C2=O)CC1. The Balaban J connectivity index is 1.40. The molecule has 2 heterocycles. The molecule has 2 aliphatic rings. The van der Waals surface area contributed by atoms with Gasteiger partial charge in [0.05, 0.1) is 17.7 Å². The number of piperazine rings is 1. The van der Waals surface area contributed by atoms with E-state index in [4.69, 9.17) is 4.74 Å². The number of benzene rings is 1. The van der Waals surface area contributed by atoms with E-state index in [0.29, 0.717) is 56.9 Å². The van der Waals surface area contributed by atoms with Gasteiger partial charge in [0.15, 0.2) is 0 Å². The maximum absolute atomic E-state index is 12.4. The lowest BCUT2D eigenvalue weighted by Gasteiger charge is -2.34. The maximum Gasteiger partial charge on any atom is 0.409 e.